The summed E-state index contributed by atoms with van der Waals surface area (Å²) in [6.45, 7) is 4.41. The van der Waals surface area contributed by atoms with Gasteiger partial charge in [0.15, 0.2) is 5.11 Å². The van der Waals surface area contributed by atoms with Gasteiger partial charge in [0.05, 0.1) is 7.11 Å². The van der Waals surface area contributed by atoms with Crippen molar-refractivity contribution in [3.05, 3.63) is 24.3 Å². The van der Waals surface area contributed by atoms with Crippen molar-refractivity contribution < 1.29 is 4.74 Å². The van der Waals surface area contributed by atoms with Gasteiger partial charge >= 0.3 is 0 Å². The van der Waals surface area contributed by atoms with E-state index in [0.717, 1.165) is 35.6 Å². The summed E-state index contributed by atoms with van der Waals surface area (Å²) in [5, 5.41) is 4.09. The van der Waals surface area contributed by atoms with Crippen LogP contribution in [0.4, 0.5) is 5.69 Å². The molecule has 1 aliphatic rings. The minimum atomic E-state index is 0.815. The number of piperidine rings is 1. The number of thiocarbonyl (C=S) groups is 1. The van der Waals surface area contributed by atoms with E-state index in [1.165, 1.54) is 12.8 Å². The summed E-state index contributed by atoms with van der Waals surface area (Å²) in [6.07, 6.45) is 2.44. The van der Waals surface area contributed by atoms with Gasteiger partial charge in [-0.05, 0) is 43.1 Å². The molecule has 1 saturated heterocycles. The van der Waals surface area contributed by atoms with Gasteiger partial charge in [0, 0.05) is 24.8 Å². The molecule has 0 radical (unpaired) electrons. The number of methoxy groups -OCH3 is 1. The third-order valence-corrected chi connectivity index (χ3v) is 3.75. The third kappa shape index (κ3) is 3.35. The van der Waals surface area contributed by atoms with E-state index in [1.54, 1.807) is 7.11 Å². The lowest BCUT2D eigenvalue weighted by Gasteiger charge is -2.32. The number of benzene rings is 1. The Bertz CT molecular complexity index is 414. The Kier molecular flexibility index (Phi) is 4.42. The van der Waals surface area contributed by atoms with Crippen molar-refractivity contribution >= 4 is 23.0 Å². The molecule has 1 heterocycles. The minimum Gasteiger partial charge on any atom is -0.497 e. The second-order valence-electron chi connectivity index (χ2n) is 4.83. The third-order valence-electron chi connectivity index (χ3n) is 3.39. The summed E-state index contributed by atoms with van der Waals surface area (Å²) in [6, 6.07) is 7.85. The van der Waals surface area contributed by atoms with Crippen LogP contribution in [0.2, 0.25) is 0 Å². The number of ether oxygens (including phenoxy) is 1. The van der Waals surface area contributed by atoms with Crippen LogP contribution in [0.15, 0.2) is 24.3 Å². The van der Waals surface area contributed by atoms with Crippen LogP contribution in [0.5, 0.6) is 5.75 Å². The number of nitrogens with one attached hydrogen (secondary N) is 1. The van der Waals surface area contributed by atoms with E-state index in [-0.39, 0.29) is 0 Å². The summed E-state index contributed by atoms with van der Waals surface area (Å²) < 4.78 is 5.20. The van der Waals surface area contributed by atoms with E-state index in [2.05, 4.69) is 17.1 Å². The Hall–Kier alpha value is -1.29. The smallest absolute Gasteiger partial charge is 0.173 e. The molecule has 0 aromatic heterocycles. The van der Waals surface area contributed by atoms with Crippen molar-refractivity contribution in [1.82, 2.24) is 4.90 Å². The Balaban J connectivity index is 1.94. The molecule has 3 nitrogen and oxygen atoms in total. The van der Waals surface area contributed by atoms with Gasteiger partial charge in [-0.15, -0.1) is 0 Å². The Morgan fingerprint density at radius 1 is 1.39 bits per heavy atom. The van der Waals surface area contributed by atoms with E-state index in [0.29, 0.717) is 0 Å². The second-order valence-corrected chi connectivity index (χ2v) is 5.22. The highest BCUT2D eigenvalue weighted by Gasteiger charge is 2.17. The molecule has 0 saturated carbocycles. The molecular formula is C14H20N2OS. The van der Waals surface area contributed by atoms with E-state index in [1.807, 2.05) is 24.3 Å². The molecule has 98 valence electrons. The molecule has 0 spiro atoms. The van der Waals surface area contributed by atoms with Gasteiger partial charge < -0.3 is 15.0 Å². The maximum atomic E-state index is 5.45. The first-order chi connectivity index (χ1) is 8.69. The van der Waals surface area contributed by atoms with E-state index < -0.39 is 0 Å². The minimum absolute atomic E-state index is 0.815. The molecule has 1 N–H and O–H groups in total. The first kappa shape index (κ1) is 13.1. The number of hydrogen-bond acceptors (Lipinski definition) is 2. The van der Waals surface area contributed by atoms with Crippen LogP contribution in [-0.2, 0) is 0 Å². The molecule has 0 aliphatic carbocycles. The quantitative estimate of drug-likeness (QED) is 0.830. The zero-order chi connectivity index (χ0) is 13.0. The van der Waals surface area contributed by atoms with E-state index >= 15 is 0 Å². The predicted octanol–water partition coefficient (Wildman–Crippen LogP) is 3.12. The molecule has 18 heavy (non-hydrogen) atoms. The van der Waals surface area contributed by atoms with Gasteiger partial charge in [0.1, 0.15) is 5.75 Å². The van der Waals surface area contributed by atoms with Crippen LogP contribution in [-0.4, -0.2) is 30.2 Å². The fourth-order valence-electron chi connectivity index (χ4n) is 2.12. The standard InChI is InChI=1S/C14H20N2OS/c1-11-6-8-16(9-7-11)14(18)15-12-4-3-5-13(10-12)17-2/h3-5,10-11H,6-9H2,1-2H3,(H,15,18). The highest BCUT2D eigenvalue weighted by Crippen LogP contribution is 2.19. The monoisotopic (exact) mass is 264 g/mol. The molecule has 0 unspecified atom stereocenters. The van der Waals surface area contributed by atoms with Crippen molar-refractivity contribution in [3.8, 4) is 5.75 Å². The Morgan fingerprint density at radius 3 is 2.78 bits per heavy atom. The summed E-state index contributed by atoms with van der Waals surface area (Å²) in [7, 11) is 1.67. The lowest BCUT2D eigenvalue weighted by molar-refractivity contribution is 0.283. The number of nitrogens with zero attached hydrogens (tertiary/aromatic N) is 1. The van der Waals surface area contributed by atoms with Gasteiger partial charge in [-0.25, -0.2) is 0 Å². The molecule has 0 amide bonds. The van der Waals surface area contributed by atoms with Gasteiger partial charge in [0.2, 0.25) is 0 Å². The van der Waals surface area contributed by atoms with Crippen LogP contribution < -0.4 is 10.1 Å². The first-order valence-corrected chi connectivity index (χ1v) is 6.80. The fraction of sp³-hybridized carbons (Fsp3) is 0.500. The zero-order valence-electron chi connectivity index (χ0n) is 11.0. The van der Waals surface area contributed by atoms with Crippen molar-refractivity contribution in [1.29, 1.82) is 0 Å². The molecular weight excluding hydrogens is 244 g/mol. The van der Waals surface area contributed by atoms with Crippen molar-refractivity contribution in [2.24, 2.45) is 5.92 Å². The highest BCUT2D eigenvalue weighted by atomic mass is 32.1. The zero-order valence-corrected chi connectivity index (χ0v) is 11.8. The molecule has 2 rings (SSSR count). The fourth-order valence-corrected chi connectivity index (χ4v) is 2.42. The SMILES string of the molecule is COc1cccc(NC(=S)N2CCC(C)CC2)c1. The predicted molar refractivity (Wildman–Crippen MR) is 79.2 cm³/mol. The lowest BCUT2D eigenvalue weighted by Crippen LogP contribution is -2.40. The van der Waals surface area contributed by atoms with Crippen LogP contribution >= 0.6 is 12.2 Å². The maximum absolute atomic E-state index is 5.45. The summed E-state index contributed by atoms with van der Waals surface area (Å²) in [5.41, 5.74) is 0.984. The number of anilines is 1. The van der Waals surface area contributed by atoms with Crippen molar-refractivity contribution in [2.45, 2.75) is 19.8 Å². The maximum Gasteiger partial charge on any atom is 0.173 e. The first-order valence-electron chi connectivity index (χ1n) is 6.39. The largest absolute Gasteiger partial charge is 0.497 e. The number of rotatable bonds is 2. The average molecular weight is 264 g/mol. The number of hydrogen-bond donors (Lipinski definition) is 1. The normalized spacial score (nSPS) is 16.4. The van der Waals surface area contributed by atoms with Crippen LogP contribution in [0.25, 0.3) is 0 Å². The molecule has 0 bridgehead atoms. The highest BCUT2D eigenvalue weighted by molar-refractivity contribution is 7.80. The van der Waals surface area contributed by atoms with Gasteiger partial charge in [0.25, 0.3) is 0 Å². The molecule has 1 fully saturated rings. The molecule has 1 aromatic carbocycles. The molecule has 4 heteroatoms. The topological polar surface area (TPSA) is 24.5 Å². The summed E-state index contributed by atoms with van der Waals surface area (Å²) in [5.74, 6) is 1.66. The van der Waals surface area contributed by atoms with Crippen LogP contribution in [0, 0.1) is 5.92 Å². The summed E-state index contributed by atoms with van der Waals surface area (Å²) in [4.78, 5) is 2.24. The molecule has 0 atom stereocenters. The van der Waals surface area contributed by atoms with E-state index in [4.69, 9.17) is 17.0 Å². The van der Waals surface area contributed by atoms with E-state index in [9.17, 15) is 0 Å². The molecule has 1 aromatic rings. The van der Waals surface area contributed by atoms with Gasteiger partial charge in [-0.1, -0.05) is 13.0 Å². The Labute approximate surface area is 114 Å². The second kappa shape index (κ2) is 6.05. The number of likely N-dealkylation sites (tertiary alicyclic amines) is 1. The van der Waals surface area contributed by atoms with Crippen molar-refractivity contribution in [2.75, 3.05) is 25.5 Å². The lowest BCUT2D eigenvalue weighted by atomic mass is 10.00. The average Bonchev–Trinajstić information content (AvgIpc) is 2.39. The Morgan fingerprint density at radius 2 is 2.11 bits per heavy atom. The molecule has 1 aliphatic heterocycles. The summed E-state index contributed by atoms with van der Waals surface area (Å²) >= 11 is 5.45. The van der Waals surface area contributed by atoms with Crippen molar-refractivity contribution in [3.63, 3.8) is 0 Å². The van der Waals surface area contributed by atoms with Gasteiger partial charge in [-0.2, -0.15) is 0 Å². The van der Waals surface area contributed by atoms with Gasteiger partial charge in [-0.3, -0.25) is 0 Å². The van der Waals surface area contributed by atoms with Crippen LogP contribution in [0.1, 0.15) is 19.8 Å². The van der Waals surface area contributed by atoms with Crippen LogP contribution in [0.3, 0.4) is 0 Å².